The molecule has 2 aromatic rings. The van der Waals surface area contributed by atoms with Gasteiger partial charge in [0.05, 0.1) is 0 Å². The molecule has 2 heterocycles. The Balaban J connectivity index is 1.42. The smallest absolute Gasteiger partial charge is 0.220 e. The second kappa shape index (κ2) is 10.7. The number of hydrogen-bond acceptors (Lipinski definition) is 4. The number of Topliss-reactive ketones (excluding diaryl/α,β-unsaturated/α-hetero) is 1. The first kappa shape index (κ1) is 21.0. The SMILES string of the molecule is CCc1ccc(C(=O)CCC(=O)NCc2ccc(N3CCCCCC3)nc2)cc1. The lowest BCUT2D eigenvalue weighted by Crippen LogP contribution is -2.25. The molecule has 154 valence electrons. The van der Waals surface area contributed by atoms with Gasteiger partial charge >= 0.3 is 0 Å². The summed E-state index contributed by atoms with van der Waals surface area (Å²) in [6.07, 6.45) is 8.26. The second-order valence-corrected chi connectivity index (χ2v) is 7.68. The number of rotatable bonds is 8. The standard InChI is InChI=1S/C24H31N3O2/c1-2-19-7-10-21(11-8-19)22(28)12-14-24(29)26-18-20-9-13-23(25-17-20)27-15-5-3-4-6-16-27/h7-11,13,17H,2-6,12,14-16,18H2,1H3,(H,26,29). The van der Waals surface area contributed by atoms with Gasteiger partial charge < -0.3 is 10.2 Å². The van der Waals surface area contributed by atoms with Crippen LogP contribution in [-0.4, -0.2) is 29.8 Å². The number of aromatic nitrogens is 1. The number of nitrogens with zero attached hydrogens (tertiary/aromatic N) is 2. The number of anilines is 1. The van der Waals surface area contributed by atoms with Crippen LogP contribution in [0.4, 0.5) is 5.82 Å². The number of hydrogen-bond donors (Lipinski definition) is 1. The van der Waals surface area contributed by atoms with Crippen molar-refractivity contribution in [2.24, 2.45) is 0 Å². The fourth-order valence-corrected chi connectivity index (χ4v) is 3.59. The Labute approximate surface area is 173 Å². The summed E-state index contributed by atoms with van der Waals surface area (Å²) in [7, 11) is 0. The van der Waals surface area contributed by atoms with Gasteiger partial charge in [0.15, 0.2) is 5.78 Å². The van der Waals surface area contributed by atoms with Crippen LogP contribution in [0.15, 0.2) is 42.6 Å². The van der Waals surface area contributed by atoms with Crippen LogP contribution >= 0.6 is 0 Å². The van der Waals surface area contributed by atoms with E-state index in [1.54, 1.807) is 0 Å². The van der Waals surface area contributed by atoms with E-state index in [1.807, 2.05) is 42.6 Å². The highest BCUT2D eigenvalue weighted by Gasteiger charge is 2.12. The van der Waals surface area contributed by atoms with Gasteiger partial charge in [0, 0.05) is 44.2 Å². The quantitative estimate of drug-likeness (QED) is 0.679. The van der Waals surface area contributed by atoms with Gasteiger partial charge in [-0.3, -0.25) is 9.59 Å². The lowest BCUT2D eigenvalue weighted by Gasteiger charge is -2.21. The first-order chi connectivity index (χ1) is 14.2. The van der Waals surface area contributed by atoms with Crippen molar-refractivity contribution >= 4 is 17.5 Å². The van der Waals surface area contributed by atoms with Crippen molar-refractivity contribution in [3.05, 3.63) is 59.3 Å². The summed E-state index contributed by atoms with van der Waals surface area (Å²) in [5, 5.41) is 2.89. The molecule has 1 N–H and O–H groups in total. The van der Waals surface area contributed by atoms with Crippen LogP contribution in [0.1, 0.15) is 66.9 Å². The minimum Gasteiger partial charge on any atom is -0.357 e. The number of carbonyl (C=O) groups excluding carboxylic acids is 2. The van der Waals surface area contributed by atoms with Crippen LogP contribution < -0.4 is 10.2 Å². The van der Waals surface area contributed by atoms with E-state index >= 15 is 0 Å². The van der Waals surface area contributed by atoms with Crippen molar-refractivity contribution in [3.63, 3.8) is 0 Å². The van der Waals surface area contributed by atoms with Crippen LogP contribution in [0.25, 0.3) is 0 Å². The Morgan fingerprint density at radius 3 is 2.24 bits per heavy atom. The van der Waals surface area contributed by atoms with E-state index in [-0.39, 0.29) is 24.5 Å². The maximum atomic E-state index is 12.2. The monoisotopic (exact) mass is 393 g/mol. The van der Waals surface area contributed by atoms with Crippen LogP contribution in [0.2, 0.25) is 0 Å². The third kappa shape index (κ3) is 6.41. The molecule has 1 amide bonds. The van der Waals surface area contributed by atoms with Gasteiger partial charge in [-0.2, -0.15) is 0 Å². The molecule has 1 saturated heterocycles. The summed E-state index contributed by atoms with van der Waals surface area (Å²) in [4.78, 5) is 31.3. The molecule has 0 saturated carbocycles. The molecule has 1 aromatic carbocycles. The molecule has 5 nitrogen and oxygen atoms in total. The molecule has 1 aliphatic rings. The van der Waals surface area contributed by atoms with Crippen LogP contribution in [0.3, 0.4) is 0 Å². The molecule has 0 bridgehead atoms. The van der Waals surface area contributed by atoms with E-state index in [0.29, 0.717) is 12.1 Å². The van der Waals surface area contributed by atoms with E-state index in [4.69, 9.17) is 0 Å². The number of ketones is 1. The Kier molecular flexibility index (Phi) is 7.79. The first-order valence-electron chi connectivity index (χ1n) is 10.7. The number of pyridine rings is 1. The molecular weight excluding hydrogens is 362 g/mol. The highest BCUT2D eigenvalue weighted by Crippen LogP contribution is 2.17. The van der Waals surface area contributed by atoms with Crippen LogP contribution in [-0.2, 0) is 17.8 Å². The Morgan fingerprint density at radius 2 is 1.62 bits per heavy atom. The molecule has 29 heavy (non-hydrogen) atoms. The molecule has 3 rings (SSSR count). The van der Waals surface area contributed by atoms with Crippen molar-refractivity contribution in [2.45, 2.75) is 58.4 Å². The minimum atomic E-state index is -0.111. The van der Waals surface area contributed by atoms with E-state index in [0.717, 1.165) is 30.9 Å². The molecule has 0 unspecified atom stereocenters. The maximum absolute atomic E-state index is 12.2. The topological polar surface area (TPSA) is 62.3 Å². The summed E-state index contributed by atoms with van der Waals surface area (Å²) >= 11 is 0. The number of benzene rings is 1. The van der Waals surface area contributed by atoms with Gasteiger partial charge in [0.1, 0.15) is 5.82 Å². The van der Waals surface area contributed by atoms with Gasteiger partial charge in [-0.1, -0.05) is 50.1 Å². The number of carbonyl (C=O) groups is 2. The summed E-state index contributed by atoms with van der Waals surface area (Å²) < 4.78 is 0. The van der Waals surface area contributed by atoms with Crippen LogP contribution in [0, 0.1) is 0 Å². The van der Waals surface area contributed by atoms with Gasteiger partial charge in [-0.25, -0.2) is 4.98 Å². The van der Waals surface area contributed by atoms with Crippen molar-refractivity contribution < 1.29 is 9.59 Å². The highest BCUT2D eigenvalue weighted by molar-refractivity contribution is 5.97. The van der Waals surface area contributed by atoms with E-state index < -0.39 is 0 Å². The lowest BCUT2D eigenvalue weighted by molar-refractivity contribution is -0.121. The first-order valence-corrected chi connectivity index (χ1v) is 10.7. The molecule has 1 aliphatic heterocycles. The van der Waals surface area contributed by atoms with Gasteiger partial charge in [-0.15, -0.1) is 0 Å². The van der Waals surface area contributed by atoms with Gasteiger partial charge in [-0.05, 0) is 36.5 Å². The van der Waals surface area contributed by atoms with Gasteiger partial charge in [0.2, 0.25) is 5.91 Å². The normalized spacial score (nSPS) is 14.3. The third-order valence-electron chi connectivity index (χ3n) is 5.49. The summed E-state index contributed by atoms with van der Waals surface area (Å²) in [6, 6.07) is 11.7. The minimum absolute atomic E-state index is 0.00581. The molecule has 1 fully saturated rings. The zero-order valence-electron chi connectivity index (χ0n) is 17.3. The van der Waals surface area contributed by atoms with Crippen molar-refractivity contribution in [1.82, 2.24) is 10.3 Å². The Bertz CT molecular complexity index is 792. The second-order valence-electron chi connectivity index (χ2n) is 7.68. The molecule has 5 heteroatoms. The maximum Gasteiger partial charge on any atom is 0.220 e. The Morgan fingerprint density at radius 1 is 0.931 bits per heavy atom. The predicted octanol–water partition coefficient (Wildman–Crippen LogP) is 4.30. The van der Waals surface area contributed by atoms with Crippen LogP contribution in [0.5, 0.6) is 0 Å². The van der Waals surface area contributed by atoms with Gasteiger partial charge in [0.25, 0.3) is 0 Å². The molecule has 0 atom stereocenters. The fourth-order valence-electron chi connectivity index (χ4n) is 3.59. The lowest BCUT2D eigenvalue weighted by atomic mass is 10.0. The zero-order valence-corrected chi connectivity index (χ0v) is 17.3. The summed E-state index contributed by atoms with van der Waals surface area (Å²) in [5.74, 6) is 0.910. The van der Waals surface area contributed by atoms with Crippen molar-refractivity contribution in [1.29, 1.82) is 0 Å². The molecule has 0 radical (unpaired) electrons. The van der Waals surface area contributed by atoms with Crippen molar-refractivity contribution in [2.75, 3.05) is 18.0 Å². The predicted molar refractivity (Wildman–Crippen MR) is 116 cm³/mol. The van der Waals surface area contributed by atoms with Crippen molar-refractivity contribution in [3.8, 4) is 0 Å². The molecule has 0 aliphatic carbocycles. The van der Waals surface area contributed by atoms with E-state index in [1.165, 1.54) is 31.2 Å². The average Bonchev–Trinajstić information content (AvgIpc) is 3.06. The highest BCUT2D eigenvalue weighted by atomic mass is 16.2. The number of aryl methyl sites for hydroxylation is 1. The third-order valence-corrected chi connectivity index (χ3v) is 5.49. The largest absolute Gasteiger partial charge is 0.357 e. The molecule has 0 spiro atoms. The number of nitrogens with one attached hydrogen (secondary N) is 1. The molecular formula is C24H31N3O2. The van der Waals surface area contributed by atoms with E-state index in [9.17, 15) is 9.59 Å². The number of amides is 1. The summed E-state index contributed by atoms with van der Waals surface area (Å²) in [6.45, 7) is 4.65. The molecule has 1 aromatic heterocycles. The van der Waals surface area contributed by atoms with E-state index in [2.05, 4.69) is 22.1 Å². The summed E-state index contributed by atoms with van der Waals surface area (Å²) in [5.41, 5.74) is 2.84. The zero-order chi connectivity index (χ0) is 20.5. The average molecular weight is 394 g/mol. The Hall–Kier alpha value is -2.69. The fraction of sp³-hybridized carbons (Fsp3) is 0.458.